The van der Waals surface area contributed by atoms with Crippen molar-refractivity contribution in [2.75, 3.05) is 13.1 Å². The highest BCUT2D eigenvalue weighted by molar-refractivity contribution is 5.83. The second-order valence-electron chi connectivity index (χ2n) is 10.5. The molecule has 0 radical (unpaired) electrons. The molecule has 274 valence electrons. The number of terminal acetylenes is 2. The standard InChI is InChI=1S/C22H25FN2O.C22H2.FH.H2N2O.11H2/c1-15(16-6-8-18(23)9-7-16)21(26)25-12-10-22(11-13-25)14-17-4-2-3-5-19(17)20(22)24;1-3-5-7-9-11-13-15-17-19-21-22-20-18-16-14-12-10-8-6-4-2;;1-2-3;;;;;;;;;;;/h2-9,15,20H,10-14,24H2,1H3;1-2H;1H;(H2,1,3);11*1H/t15-,20-;;;;;;;;;;;;;;/m1............../s1. The predicted molar refractivity (Wildman–Crippen MR) is 224 cm³/mol. The van der Waals surface area contributed by atoms with Crippen molar-refractivity contribution in [3.63, 3.8) is 0 Å². The molecule has 1 fully saturated rings. The Morgan fingerprint density at radius 3 is 1.56 bits per heavy atom. The van der Waals surface area contributed by atoms with Crippen LogP contribution in [0.15, 0.2) is 53.8 Å². The van der Waals surface area contributed by atoms with E-state index in [0.717, 1.165) is 37.9 Å². The molecular formula is C44H52F2N4O2. The Hall–Kier alpha value is -7.71. The Bertz CT molecular complexity index is 2220. The maximum absolute atomic E-state index is 13.1. The fourth-order valence-electron chi connectivity index (χ4n) is 5.22. The minimum atomic E-state index is -0.275. The molecule has 1 saturated heterocycles. The highest BCUT2D eigenvalue weighted by Gasteiger charge is 2.46. The topological polar surface area (TPSA) is 102 Å². The first kappa shape index (κ1) is 42.3. The second-order valence-corrected chi connectivity index (χ2v) is 10.5. The van der Waals surface area contributed by atoms with Gasteiger partial charge in [-0.2, -0.15) is 0 Å². The number of halogens is 2. The van der Waals surface area contributed by atoms with Gasteiger partial charge in [0.15, 0.2) is 0 Å². The minimum Gasteiger partial charge on any atom is -0.342 e. The fraction of sp³-hybridized carbons (Fsp3) is 0.205. The van der Waals surface area contributed by atoms with E-state index < -0.39 is 0 Å². The zero-order chi connectivity index (χ0) is 37.2. The molecule has 8 heteroatoms. The van der Waals surface area contributed by atoms with Crippen LogP contribution < -0.4 is 11.6 Å². The van der Waals surface area contributed by atoms with Crippen LogP contribution in [0.25, 0.3) is 0 Å². The van der Waals surface area contributed by atoms with Crippen molar-refractivity contribution in [3.05, 3.63) is 75.9 Å². The summed E-state index contributed by atoms with van der Waals surface area (Å²) >= 11 is 0. The number of nitroso groups, excluding NO2 is 1. The molecule has 1 heterocycles. The van der Waals surface area contributed by atoms with Gasteiger partial charge in [0, 0.05) is 63.8 Å². The first-order chi connectivity index (χ1) is 24.8. The third kappa shape index (κ3) is 14.2. The molecule has 4 rings (SSSR count). The van der Waals surface area contributed by atoms with Gasteiger partial charge in [0.1, 0.15) is 5.82 Å². The van der Waals surface area contributed by atoms with E-state index in [-0.39, 0.29) is 49.5 Å². The summed E-state index contributed by atoms with van der Waals surface area (Å²) in [5.41, 5.74) is 10.2. The zero-order valence-electron chi connectivity index (χ0n) is 28.1. The molecule has 1 amide bonds. The smallest absolute Gasteiger partial charge is 0.229 e. The monoisotopic (exact) mass is 706 g/mol. The van der Waals surface area contributed by atoms with Crippen molar-refractivity contribution in [1.82, 2.24) is 4.90 Å². The van der Waals surface area contributed by atoms with E-state index >= 15 is 0 Å². The largest absolute Gasteiger partial charge is 0.342 e. The number of carbonyl (C=O) groups excluding carboxylic acids is 1. The van der Waals surface area contributed by atoms with Gasteiger partial charge in [0.05, 0.1) is 5.92 Å². The van der Waals surface area contributed by atoms with Crippen molar-refractivity contribution in [2.24, 2.45) is 22.3 Å². The Kier molecular flexibility index (Phi) is 19.9. The molecular weight excluding hydrogens is 655 g/mol. The van der Waals surface area contributed by atoms with E-state index in [1.807, 2.05) is 11.8 Å². The average molecular weight is 707 g/mol. The SMILES string of the molecule is C#CC#CC#CC#CC#CC#CC#CC#CC#CC#CC#C.C[C@@H](C(=O)N1CCC2(CC1)Cc1ccccc1[C@H]2N)c1ccc(F)cc1.F.NN=O.[HH].[HH].[HH].[HH].[HH].[HH].[HH].[HH].[HH].[HH].[HH]. The molecule has 2 atom stereocenters. The van der Waals surface area contributed by atoms with E-state index in [4.69, 9.17) is 23.5 Å². The minimum absolute atomic E-state index is 0. The lowest BCUT2D eigenvalue weighted by Gasteiger charge is -2.42. The average Bonchev–Trinajstić information content (AvgIpc) is 3.41. The van der Waals surface area contributed by atoms with Crippen LogP contribution >= 0.6 is 0 Å². The van der Waals surface area contributed by atoms with Gasteiger partial charge in [-0.05, 0) is 155 Å². The van der Waals surface area contributed by atoms with Crippen LogP contribution in [-0.4, -0.2) is 23.9 Å². The van der Waals surface area contributed by atoms with Crippen molar-refractivity contribution >= 4 is 5.91 Å². The van der Waals surface area contributed by atoms with Crippen molar-refractivity contribution in [3.8, 4) is 131 Å². The highest BCUT2D eigenvalue weighted by atomic mass is 19.1. The Labute approximate surface area is 321 Å². The number of carbonyl (C=O) groups is 1. The van der Waals surface area contributed by atoms with Crippen LogP contribution in [0.5, 0.6) is 0 Å². The van der Waals surface area contributed by atoms with E-state index in [0.29, 0.717) is 0 Å². The molecule has 0 aromatic heterocycles. The number of likely N-dealkylation sites (tertiary alicyclic amines) is 1. The second kappa shape index (κ2) is 24.4. The number of fused-ring (bicyclic) bond motifs is 1. The molecule has 52 heavy (non-hydrogen) atoms. The number of amides is 1. The molecule has 0 bridgehead atoms. The number of hydrogen-bond acceptors (Lipinski definition) is 4. The van der Waals surface area contributed by atoms with Crippen LogP contribution in [0.4, 0.5) is 9.09 Å². The van der Waals surface area contributed by atoms with Gasteiger partial charge in [-0.3, -0.25) is 15.3 Å². The predicted octanol–water partition coefficient (Wildman–Crippen LogP) is 6.56. The zero-order valence-corrected chi connectivity index (χ0v) is 28.1. The van der Waals surface area contributed by atoms with Crippen molar-refractivity contribution in [2.45, 2.75) is 38.1 Å². The Morgan fingerprint density at radius 1 is 0.788 bits per heavy atom. The lowest BCUT2D eigenvalue weighted by molar-refractivity contribution is -0.135. The van der Waals surface area contributed by atoms with Gasteiger partial charge < -0.3 is 10.6 Å². The summed E-state index contributed by atoms with van der Waals surface area (Å²) in [6, 6.07) is 14.7. The number of benzene rings is 2. The third-order valence-corrected chi connectivity index (χ3v) is 7.61. The number of nitrogens with two attached hydrogens (primary N) is 2. The molecule has 1 aliphatic heterocycles. The van der Waals surface area contributed by atoms with E-state index in [9.17, 15) is 9.18 Å². The van der Waals surface area contributed by atoms with Crippen molar-refractivity contribution < 1.29 is 29.6 Å². The number of piperidine rings is 1. The maximum atomic E-state index is 13.1. The molecule has 1 aliphatic carbocycles. The van der Waals surface area contributed by atoms with E-state index in [1.54, 1.807) is 17.4 Å². The van der Waals surface area contributed by atoms with Gasteiger partial charge in [0.25, 0.3) is 0 Å². The summed E-state index contributed by atoms with van der Waals surface area (Å²) in [6.07, 6.45) is 12.7. The number of hydrogen-bond donors (Lipinski definition) is 2. The normalized spacial score (nSPS) is 12.9. The third-order valence-electron chi connectivity index (χ3n) is 7.61. The van der Waals surface area contributed by atoms with Gasteiger partial charge >= 0.3 is 0 Å². The summed E-state index contributed by atoms with van der Waals surface area (Å²) in [5.74, 6) is 51.7. The molecule has 0 saturated carbocycles. The number of rotatable bonds is 2. The van der Waals surface area contributed by atoms with E-state index in [1.165, 1.54) is 23.3 Å². The first-order valence-corrected chi connectivity index (χ1v) is 15.1. The molecule has 6 nitrogen and oxygen atoms in total. The Balaban J connectivity index is -0.0000000768. The molecule has 2 aromatic rings. The number of nitrogens with zero attached hydrogens (tertiary/aromatic N) is 2. The molecule has 4 N–H and O–H groups in total. The summed E-state index contributed by atoms with van der Waals surface area (Å²) in [7, 11) is 0. The molecule has 2 aliphatic rings. The summed E-state index contributed by atoms with van der Waals surface area (Å²) in [5, 5.41) is 1.75. The summed E-state index contributed by atoms with van der Waals surface area (Å²) in [6.45, 7) is 3.38. The summed E-state index contributed by atoms with van der Waals surface area (Å²) < 4.78 is 13.1. The lowest BCUT2D eigenvalue weighted by Crippen LogP contribution is -2.47. The molecule has 1 spiro atoms. The Morgan fingerprint density at radius 2 is 1.17 bits per heavy atom. The van der Waals surface area contributed by atoms with Gasteiger partial charge in [-0.1, -0.05) is 36.4 Å². The fourth-order valence-corrected chi connectivity index (χ4v) is 5.22. The first-order valence-electron chi connectivity index (χ1n) is 15.1. The van der Waals surface area contributed by atoms with Crippen LogP contribution in [0, 0.1) is 147 Å². The maximum Gasteiger partial charge on any atom is 0.229 e. The van der Waals surface area contributed by atoms with Crippen LogP contribution in [0.1, 0.15) is 64.1 Å². The van der Waals surface area contributed by atoms with Gasteiger partial charge in [-0.25, -0.2) is 4.39 Å². The molecule has 2 aromatic carbocycles. The quantitative estimate of drug-likeness (QED) is 0.160. The molecule has 0 unspecified atom stereocenters. The highest BCUT2D eigenvalue weighted by Crippen LogP contribution is 2.50. The van der Waals surface area contributed by atoms with Crippen LogP contribution in [-0.2, 0) is 11.2 Å². The van der Waals surface area contributed by atoms with E-state index in [2.05, 4.69) is 149 Å². The lowest BCUT2D eigenvalue weighted by atomic mass is 9.73. The summed E-state index contributed by atoms with van der Waals surface area (Å²) in [4.78, 5) is 23.2. The van der Waals surface area contributed by atoms with Crippen molar-refractivity contribution in [1.29, 1.82) is 0 Å². The van der Waals surface area contributed by atoms with Gasteiger partial charge in [0.2, 0.25) is 5.91 Å². The van der Waals surface area contributed by atoms with Crippen LogP contribution in [0.3, 0.4) is 0 Å². The van der Waals surface area contributed by atoms with Gasteiger partial charge in [-0.15, -0.1) is 17.8 Å². The van der Waals surface area contributed by atoms with Crippen LogP contribution in [0.2, 0.25) is 0 Å².